The molecule has 27 nitrogen and oxygen atoms in total. The first kappa shape index (κ1) is 57.1. The van der Waals surface area contributed by atoms with Crippen LogP contribution in [0.5, 0.6) is 0 Å². The van der Waals surface area contributed by atoms with Crippen molar-refractivity contribution in [2.75, 3.05) is 91.8 Å². The van der Waals surface area contributed by atoms with Crippen molar-refractivity contribution in [1.29, 1.82) is 0 Å². The summed E-state index contributed by atoms with van der Waals surface area (Å²) in [5, 5.41) is 94.3. The van der Waals surface area contributed by atoms with Crippen molar-refractivity contribution in [3.8, 4) is 0 Å². The first-order valence-electron chi connectivity index (χ1n) is 20.6. The van der Waals surface area contributed by atoms with Gasteiger partial charge in [-0.2, -0.15) is 0 Å². The molecule has 4 rings (SSSR count). The van der Waals surface area contributed by atoms with Crippen molar-refractivity contribution in [3.63, 3.8) is 0 Å². The summed E-state index contributed by atoms with van der Waals surface area (Å²) in [6.45, 7) is 3.80. The van der Waals surface area contributed by atoms with Crippen LogP contribution < -0.4 is 0 Å². The van der Waals surface area contributed by atoms with Gasteiger partial charge in [0.15, 0.2) is 12.6 Å². The second-order valence-electron chi connectivity index (χ2n) is 15.7. The molecule has 372 valence electrons. The van der Waals surface area contributed by atoms with E-state index in [4.69, 9.17) is 34.6 Å². The van der Waals surface area contributed by atoms with E-state index in [9.17, 15) is 69.0 Å². The highest BCUT2D eigenvalue weighted by Gasteiger charge is 2.50. The first-order valence-corrected chi connectivity index (χ1v) is 20.6. The molecule has 0 aliphatic carbocycles. The number of morpholine rings is 2. The number of aliphatic carboxylic acids is 2. The monoisotopic (exact) mass is 942 g/mol. The second-order valence-corrected chi connectivity index (χ2v) is 15.7. The number of rotatable bonds is 22. The molecule has 4 aliphatic heterocycles. The molecule has 65 heavy (non-hydrogen) atoms. The summed E-state index contributed by atoms with van der Waals surface area (Å²) in [5.41, 5.74) is 0. The van der Waals surface area contributed by atoms with Crippen molar-refractivity contribution in [3.05, 3.63) is 0 Å². The van der Waals surface area contributed by atoms with Crippen molar-refractivity contribution in [1.82, 2.24) is 19.6 Å². The van der Waals surface area contributed by atoms with Crippen LogP contribution in [0.3, 0.4) is 0 Å². The largest absolute Gasteiger partial charge is 0.480 e. The smallest absolute Gasteiger partial charge is 0.327 e. The molecule has 4 saturated heterocycles. The number of hydrogen-bond acceptors (Lipinski definition) is 25. The number of ketones is 2. The molecule has 0 saturated carbocycles. The lowest BCUT2D eigenvalue weighted by molar-refractivity contribution is -0.355. The number of carbonyl (C=O) groups excluding carboxylic acids is 6. The Morgan fingerprint density at radius 2 is 0.969 bits per heavy atom. The third kappa shape index (κ3) is 21.0. The van der Waals surface area contributed by atoms with E-state index in [1.165, 1.54) is 23.6 Å². The maximum Gasteiger partial charge on any atom is 0.327 e. The topological polar surface area (TPSA) is 398 Å². The van der Waals surface area contributed by atoms with E-state index < -0.39 is 110 Å². The van der Waals surface area contributed by atoms with Crippen molar-refractivity contribution >= 4 is 47.4 Å². The maximum absolute atomic E-state index is 11.1. The lowest BCUT2D eigenvalue weighted by Gasteiger charge is -2.45. The molecule has 0 aromatic rings. The summed E-state index contributed by atoms with van der Waals surface area (Å²) in [6, 6.07) is 0. The Morgan fingerprint density at radius 3 is 1.34 bits per heavy atom. The zero-order valence-corrected chi connectivity index (χ0v) is 36.1. The molecule has 4 heterocycles. The minimum Gasteiger partial charge on any atom is -0.480 e. The van der Waals surface area contributed by atoms with Gasteiger partial charge in [0.05, 0.1) is 65.6 Å². The number of carboxylic acids is 2. The predicted molar refractivity (Wildman–Crippen MR) is 212 cm³/mol. The fraction of sp³-hybridized carbons (Fsp3) is 0.789. The minimum atomic E-state index is -1.76. The molecule has 0 spiro atoms. The number of aliphatic hydroxyl groups is 8. The van der Waals surface area contributed by atoms with Gasteiger partial charge in [-0.1, -0.05) is 0 Å². The van der Waals surface area contributed by atoms with Crippen LogP contribution in [0.1, 0.15) is 39.5 Å². The van der Waals surface area contributed by atoms with Gasteiger partial charge in [-0.25, -0.2) is 0 Å². The Bertz CT molecular complexity index is 1450. The van der Waals surface area contributed by atoms with E-state index in [2.05, 4.69) is 9.47 Å². The van der Waals surface area contributed by atoms with Gasteiger partial charge in [0.1, 0.15) is 60.4 Å². The van der Waals surface area contributed by atoms with E-state index in [0.29, 0.717) is 39.0 Å². The predicted octanol–water partition coefficient (Wildman–Crippen LogP) is -7.14. The number of cyclic esters (lactones) is 4. The Kier molecular flexibility index (Phi) is 25.4. The molecule has 0 aromatic carbocycles. The molecule has 0 radical (unpaired) electrons. The summed E-state index contributed by atoms with van der Waals surface area (Å²) in [7, 11) is 0. The molecular weight excluding hydrogens is 880 g/mol. The maximum atomic E-state index is 11.1. The van der Waals surface area contributed by atoms with Crippen LogP contribution >= 0.6 is 0 Å². The average molecular weight is 943 g/mol. The van der Waals surface area contributed by atoms with Crippen molar-refractivity contribution in [2.24, 2.45) is 0 Å². The van der Waals surface area contributed by atoms with Crippen LogP contribution in [0.4, 0.5) is 0 Å². The van der Waals surface area contributed by atoms with Crippen LogP contribution in [0, 0.1) is 0 Å². The van der Waals surface area contributed by atoms with Crippen molar-refractivity contribution in [2.45, 2.75) is 101 Å². The van der Waals surface area contributed by atoms with E-state index in [0.717, 1.165) is 12.8 Å². The molecule has 4 unspecified atom stereocenters. The Balaban J connectivity index is 0.000000336. The number of hydrogen-bond donors (Lipinski definition) is 10. The summed E-state index contributed by atoms with van der Waals surface area (Å²) in [5.74, 6) is -4.29. The Morgan fingerprint density at radius 1 is 0.569 bits per heavy atom. The quantitative estimate of drug-likeness (QED) is 0.0274. The number of ether oxygens (including phenoxy) is 5. The summed E-state index contributed by atoms with van der Waals surface area (Å²) < 4.78 is 23.9. The van der Waals surface area contributed by atoms with Gasteiger partial charge in [-0.15, -0.1) is 0 Å². The summed E-state index contributed by atoms with van der Waals surface area (Å²) >= 11 is 0. The van der Waals surface area contributed by atoms with Gasteiger partial charge in [0.25, 0.3) is 0 Å². The normalized spacial score (nSPS) is 28.7. The third-order valence-electron chi connectivity index (χ3n) is 9.85. The summed E-state index contributed by atoms with van der Waals surface area (Å²) in [4.78, 5) is 94.3. The highest BCUT2D eigenvalue weighted by molar-refractivity contribution is 5.90. The van der Waals surface area contributed by atoms with E-state index in [-0.39, 0.29) is 63.9 Å². The number of unbranched alkanes of at least 4 members (excludes halogenated alkanes) is 2. The fourth-order valence-electron chi connectivity index (χ4n) is 6.89. The van der Waals surface area contributed by atoms with E-state index >= 15 is 0 Å². The van der Waals surface area contributed by atoms with Gasteiger partial charge in [-0.05, 0) is 65.7 Å². The summed E-state index contributed by atoms with van der Waals surface area (Å²) in [6.07, 6.45) is -12.9. The molecular formula is C38H62N4O23. The zero-order chi connectivity index (χ0) is 49.0. The van der Waals surface area contributed by atoms with Gasteiger partial charge in [-0.3, -0.25) is 58.0 Å². The number of nitrogens with zero attached hydrogens (tertiary/aromatic N) is 4. The van der Waals surface area contributed by atoms with Crippen LogP contribution in [0.15, 0.2) is 0 Å². The Labute approximate surface area is 372 Å². The lowest BCUT2D eigenvalue weighted by atomic mass is 9.97. The van der Waals surface area contributed by atoms with Crippen LogP contribution in [-0.4, -0.2) is 271 Å². The van der Waals surface area contributed by atoms with E-state index in [1.54, 1.807) is 9.80 Å². The zero-order valence-electron chi connectivity index (χ0n) is 36.1. The number of carboxylic acid groups (broad SMARTS) is 2. The molecule has 0 bridgehead atoms. The number of Topliss-reactive ketones (excluding diaryl/α,β-unsaturated/α-hetero) is 2. The van der Waals surface area contributed by atoms with Crippen LogP contribution in [0.25, 0.3) is 0 Å². The molecule has 0 aromatic heterocycles. The SMILES string of the molecule is CC(=O)CN(CCCCN(CC(C)=O)CC(=O)O)CC(=O)O.O=C1CN(CCCCN2CC(=O)OC(=O)C2)CC(=O)O1.OCC1O[C@@H](O[C@H]2C(O)[C@H](O)OC(CO)[C@H]2O)C(O)[C@H](O)[C@@H]1O. The highest BCUT2D eigenvalue weighted by atomic mass is 16.7. The molecule has 4 aliphatic rings. The first-order chi connectivity index (χ1) is 30.5. The molecule has 27 heteroatoms. The second kappa shape index (κ2) is 28.9. The van der Waals surface area contributed by atoms with Crippen LogP contribution in [0.2, 0.25) is 0 Å². The highest BCUT2D eigenvalue weighted by Crippen LogP contribution is 2.28. The minimum absolute atomic E-state index is 0.0819. The van der Waals surface area contributed by atoms with Gasteiger partial charge < -0.3 is 74.7 Å². The Hall–Kier alpha value is -4.04. The standard InChI is InChI=1S/C14H24N2O6.C12H16N2O6.C12H22O11/c1-11(17)7-15(9-13(19)20)5-3-4-6-16(8-12(2)18)10-14(21)22;15-9-5-13(6-10(16)19-9)3-1-2-4-14-7-11(17)20-12(18)8-14;13-1-3-5(15)7(17)8(18)12(22-3)23-10-6(16)4(2-14)21-11(20)9(10)19/h3-10H2,1-2H3,(H,19,20)(H,21,22);1-8H2;3-20H,1-2H2/t;;3?,4?,5-,6-,7-,8?,9?,10-,11-,12+/m..1/s1. The van der Waals surface area contributed by atoms with E-state index in [1.807, 2.05) is 0 Å². The van der Waals surface area contributed by atoms with Crippen LogP contribution in [-0.2, 0) is 62.0 Å². The molecule has 10 N–H and O–H groups in total. The molecule has 0 amide bonds. The number of carbonyl (C=O) groups is 8. The van der Waals surface area contributed by atoms with Gasteiger partial charge in [0, 0.05) is 0 Å². The fourth-order valence-corrected chi connectivity index (χ4v) is 6.89. The number of aliphatic hydroxyl groups excluding tert-OH is 8. The number of esters is 4. The van der Waals surface area contributed by atoms with Gasteiger partial charge >= 0.3 is 35.8 Å². The molecule has 10 atom stereocenters. The molecule has 4 fully saturated rings. The lowest BCUT2D eigenvalue weighted by Crippen LogP contribution is -2.64. The van der Waals surface area contributed by atoms with Crippen molar-refractivity contribution < 1.29 is 113 Å². The average Bonchev–Trinajstić information content (AvgIpc) is 3.20. The third-order valence-corrected chi connectivity index (χ3v) is 9.85. The van der Waals surface area contributed by atoms with Gasteiger partial charge in [0.2, 0.25) is 0 Å².